The van der Waals surface area contributed by atoms with Crippen LogP contribution in [0.25, 0.3) is 11.1 Å². The molecular formula is C25H29NO6. The minimum atomic E-state index is -0.629. The maximum Gasteiger partial charge on any atom is 0.315 e. The van der Waals surface area contributed by atoms with Crippen molar-refractivity contribution in [2.45, 2.75) is 33.2 Å². The van der Waals surface area contributed by atoms with Crippen molar-refractivity contribution in [1.29, 1.82) is 0 Å². The van der Waals surface area contributed by atoms with Gasteiger partial charge in [0.25, 0.3) is 5.91 Å². The Labute approximate surface area is 188 Å². The number of nitrogens with one attached hydrogen (secondary N) is 1. The molecule has 1 N–H and O–H groups in total. The molecule has 0 saturated heterocycles. The highest BCUT2D eigenvalue weighted by atomic mass is 16.5. The maximum atomic E-state index is 12.7. The first-order valence-corrected chi connectivity index (χ1v) is 10.9. The summed E-state index contributed by atoms with van der Waals surface area (Å²) in [5.41, 5.74) is 2.59. The minimum Gasteiger partial charge on any atom is -0.493 e. The van der Waals surface area contributed by atoms with E-state index in [1.54, 1.807) is 14.2 Å². The van der Waals surface area contributed by atoms with E-state index in [2.05, 4.69) is 5.32 Å². The number of ether oxygens (including phenoxy) is 4. The number of esters is 1. The third-order valence-electron chi connectivity index (χ3n) is 5.96. The highest BCUT2D eigenvalue weighted by Gasteiger charge is 2.52. The normalized spacial score (nSPS) is 15.7. The van der Waals surface area contributed by atoms with Crippen LogP contribution in [0.2, 0.25) is 0 Å². The summed E-state index contributed by atoms with van der Waals surface area (Å²) in [6, 6.07) is 9.33. The highest BCUT2D eigenvalue weighted by Crippen LogP contribution is 2.50. The zero-order valence-electron chi connectivity index (χ0n) is 18.9. The predicted octanol–water partition coefficient (Wildman–Crippen LogP) is 3.97. The molecule has 1 heterocycles. The summed E-state index contributed by atoms with van der Waals surface area (Å²) in [6.07, 6.45) is 1.45. The van der Waals surface area contributed by atoms with E-state index in [0.717, 1.165) is 29.5 Å². The Morgan fingerprint density at radius 3 is 2.44 bits per heavy atom. The van der Waals surface area contributed by atoms with E-state index in [1.807, 2.05) is 44.2 Å². The predicted molar refractivity (Wildman–Crippen MR) is 119 cm³/mol. The number of rotatable bonds is 9. The van der Waals surface area contributed by atoms with E-state index >= 15 is 0 Å². The average Bonchev–Trinajstić information content (AvgIpc) is 3.50. The maximum absolute atomic E-state index is 12.7. The molecule has 0 aromatic heterocycles. The number of fused-ring (bicyclic) bond motifs is 1. The molecule has 4 rings (SSSR count). The van der Waals surface area contributed by atoms with Crippen LogP contribution in [0.15, 0.2) is 30.3 Å². The summed E-state index contributed by atoms with van der Waals surface area (Å²) in [6.45, 7) is 5.05. The van der Waals surface area contributed by atoms with Gasteiger partial charge in [0.1, 0.15) is 12.0 Å². The lowest BCUT2D eigenvalue weighted by Crippen LogP contribution is -2.27. The monoisotopic (exact) mass is 439 g/mol. The Bertz CT molecular complexity index is 1040. The van der Waals surface area contributed by atoms with Crippen molar-refractivity contribution in [2.24, 2.45) is 11.3 Å². The lowest BCUT2D eigenvalue weighted by Gasteiger charge is -2.21. The van der Waals surface area contributed by atoms with Crippen LogP contribution in [0.4, 0.5) is 0 Å². The molecule has 0 radical (unpaired) electrons. The second-order valence-electron chi connectivity index (χ2n) is 8.75. The number of amides is 1. The Kier molecular flexibility index (Phi) is 6.00. The number of hydrogen-bond acceptors (Lipinski definition) is 6. The van der Waals surface area contributed by atoms with Gasteiger partial charge in [0.2, 0.25) is 5.75 Å². The molecule has 170 valence electrons. The van der Waals surface area contributed by atoms with Crippen LogP contribution in [-0.2, 0) is 16.1 Å². The Morgan fingerprint density at radius 1 is 1.03 bits per heavy atom. The summed E-state index contributed by atoms with van der Waals surface area (Å²) in [7, 11) is 3.12. The van der Waals surface area contributed by atoms with Gasteiger partial charge < -0.3 is 24.3 Å². The third kappa shape index (κ3) is 3.99. The van der Waals surface area contributed by atoms with Crippen molar-refractivity contribution in [2.75, 3.05) is 27.4 Å². The summed E-state index contributed by atoms with van der Waals surface area (Å²) < 4.78 is 22.9. The van der Waals surface area contributed by atoms with Gasteiger partial charge in [-0.25, -0.2) is 0 Å². The molecular weight excluding hydrogens is 410 g/mol. The van der Waals surface area contributed by atoms with Crippen LogP contribution >= 0.6 is 0 Å². The van der Waals surface area contributed by atoms with Gasteiger partial charge >= 0.3 is 5.97 Å². The van der Waals surface area contributed by atoms with Crippen LogP contribution in [0, 0.1) is 11.3 Å². The van der Waals surface area contributed by atoms with Gasteiger partial charge in [0.15, 0.2) is 11.5 Å². The second kappa shape index (κ2) is 8.73. The zero-order chi connectivity index (χ0) is 22.9. The van der Waals surface area contributed by atoms with E-state index in [1.165, 1.54) is 0 Å². The number of benzene rings is 2. The fraction of sp³-hybridized carbons (Fsp3) is 0.440. The lowest BCUT2D eigenvalue weighted by molar-refractivity contribution is -0.152. The fourth-order valence-electron chi connectivity index (χ4n) is 3.92. The van der Waals surface area contributed by atoms with Gasteiger partial charge in [-0.3, -0.25) is 9.59 Å². The fourth-order valence-corrected chi connectivity index (χ4v) is 3.92. The second-order valence-corrected chi connectivity index (χ2v) is 8.75. The SMILES string of the molecule is COc1ccc(-c2cccc3c2CNC3=O)c(OCC2(C(=O)OCC(C)C)CC2)c1OC. The van der Waals surface area contributed by atoms with Gasteiger partial charge in [-0.2, -0.15) is 0 Å². The Hall–Kier alpha value is -3.22. The molecule has 0 atom stereocenters. The van der Waals surface area contributed by atoms with E-state index < -0.39 is 5.41 Å². The summed E-state index contributed by atoms with van der Waals surface area (Å²) in [5, 5.41) is 2.87. The largest absolute Gasteiger partial charge is 0.493 e. The van der Waals surface area contributed by atoms with Crippen molar-refractivity contribution in [3.8, 4) is 28.4 Å². The number of methoxy groups -OCH3 is 2. The molecule has 1 aliphatic heterocycles. The first kappa shape index (κ1) is 22.0. The minimum absolute atomic E-state index is 0.0883. The summed E-state index contributed by atoms with van der Waals surface area (Å²) in [4.78, 5) is 24.8. The van der Waals surface area contributed by atoms with Crippen molar-refractivity contribution in [3.63, 3.8) is 0 Å². The number of carbonyl (C=O) groups is 2. The molecule has 7 nitrogen and oxygen atoms in total. The van der Waals surface area contributed by atoms with Gasteiger partial charge in [-0.05, 0) is 48.1 Å². The molecule has 7 heteroatoms. The quantitative estimate of drug-likeness (QED) is 0.596. The zero-order valence-corrected chi connectivity index (χ0v) is 18.9. The Balaban J connectivity index is 1.69. The number of hydrogen-bond donors (Lipinski definition) is 1. The summed E-state index contributed by atoms with van der Waals surface area (Å²) in [5.74, 6) is 1.44. The molecule has 2 aliphatic rings. The van der Waals surface area contributed by atoms with Crippen LogP contribution in [0.3, 0.4) is 0 Å². The topological polar surface area (TPSA) is 83.1 Å². The standard InChI is InChI=1S/C25H29NO6/c1-15(2)13-31-24(28)25(10-11-25)14-32-21-17(8-9-20(29-3)22(21)30-4)16-6-5-7-18-19(16)12-26-23(18)27/h5-9,15H,10-14H2,1-4H3,(H,26,27). The van der Waals surface area contributed by atoms with Gasteiger partial charge in [-0.1, -0.05) is 26.0 Å². The molecule has 32 heavy (non-hydrogen) atoms. The van der Waals surface area contributed by atoms with Crippen LogP contribution in [-0.4, -0.2) is 39.3 Å². The van der Waals surface area contributed by atoms with Crippen molar-refractivity contribution in [1.82, 2.24) is 5.32 Å². The molecule has 0 unspecified atom stereocenters. The van der Waals surface area contributed by atoms with Gasteiger partial charge in [0, 0.05) is 17.7 Å². The van der Waals surface area contributed by atoms with Gasteiger partial charge in [-0.15, -0.1) is 0 Å². The first-order chi connectivity index (χ1) is 15.4. The molecule has 1 aliphatic carbocycles. The van der Waals surface area contributed by atoms with Gasteiger partial charge in [0.05, 0.1) is 20.8 Å². The third-order valence-corrected chi connectivity index (χ3v) is 5.96. The van der Waals surface area contributed by atoms with Crippen LogP contribution in [0.1, 0.15) is 42.6 Å². The van der Waals surface area contributed by atoms with Crippen molar-refractivity contribution in [3.05, 3.63) is 41.5 Å². The van der Waals surface area contributed by atoms with E-state index in [-0.39, 0.29) is 24.4 Å². The van der Waals surface area contributed by atoms with Crippen molar-refractivity contribution < 1.29 is 28.5 Å². The van der Waals surface area contributed by atoms with E-state index in [9.17, 15) is 9.59 Å². The lowest BCUT2D eigenvalue weighted by atomic mass is 9.95. The van der Waals surface area contributed by atoms with Crippen molar-refractivity contribution >= 4 is 11.9 Å². The highest BCUT2D eigenvalue weighted by molar-refractivity contribution is 6.01. The van der Waals surface area contributed by atoms with Crippen LogP contribution < -0.4 is 19.5 Å². The number of carbonyl (C=O) groups excluding carboxylic acids is 2. The molecule has 1 saturated carbocycles. The molecule has 2 aromatic rings. The summed E-state index contributed by atoms with van der Waals surface area (Å²) >= 11 is 0. The molecule has 1 amide bonds. The molecule has 0 bridgehead atoms. The Morgan fingerprint density at radius 2 is 1.78 bits per heavy atom. The molecule has 2 aromatic carbocycles. The first-order valence-electron chi connectivity index (χ1n) is 10.9. The molecule has 0 spiro atoms. The average molecular weight is 440 g/mol. The van der Waals surface area contributed by atoms with E-state index in [0.29, 0.717) is 36.0 Å². The van der Waals surface area contributed by atoms with E-state index in [4.69, 9.17) is 18.9 Å². The molecule has 1 fully saturated rings. The van der Waals surface area contributed by atoms with Crippen LogP contribution in [0.5, 0.6) is 17.2 Å². The smallest absolute Gasteiger partial charge is 0.315 e.